The molecule has 3 fully saturated rings. The fourth-order valence-electron chi connectivity index (χ4n) is 4.43. The van der Waals surface area contributed by atoms with E-state index < -0.39 is 38.3 Å². The molecule has 0 saturated carbocycles. The van der Waals surface area contributed by atoms with Crippen LogP contribution in [0.3, 0.4) is 0 Å². The van der Waals surface area contributed by atoms with Gasteiger partial charge in [0, 0.05) is 25.5 Å². The molecule has 1 spiro atoms. The minimum Gasteiger partial charge on any atom is -0.352 e. The van der Waals surface area contributed by atoms with Crippen molar-refractivity contribution in [3.05, 3.63) is 29.8 Å². The van der Waals surface area contributed by atoms with E-state index in [9.17, 15) is 22.0 Å². The van der Waals surface area contributed by atoms with Crippen LogP contribution in [0.25, 0.3) is 0 Å². The molecule has 1 aromatic rings. The highest BCUT2D eigenvalue weighted by atomic mass is 32.2. The van der Waals surface area contributed by atoms with Crippen LogP contribution in [0.2, 0.25) is 0 Å². The Morgan fingerprint density at radius 2 is 2.04 bits per heavy atom. The third-order valence-electron chi connectivity index (χ3n) is 5.69. The highest BCUT2D eigenvalue weighted by Crippen LogP contribution is 2.50. The second-order valence-corrected chi connectivity index (χ2v) is 9.25. The Kier molecular flexibility index (Phi) is 3.91. The number of ether oxygens (including phenoxy) is 1. The molecule has 0 N–H and O–H groups in total. The van der Waals surface area contributed by atoms with E-state index in [-0.39, 0.29) is 30.8 Å². The van der Waals surface area contributed by atoms with Gasteiger partial charge in [0.2, 0.25) is 15.9 Å². The van der Waals surface area contributed by atoms with Crippen LogP contribution in [-0.4, -0.2) is 54.5 Å². The largest absolute Gasteiger partial charge is 0.352 e. The van der Waals surface area contributed by atoms with Crippen molar-refractivity contribution in [3.8, 4) is 0 Å². The lowest BCUT2D eigenvalue weighted by atomic mass is 10.0. The molecule has 1 aromatic carbocycles. The minimum atomic E-state index is -4.21. The zero-order valence-electron chi connectivity index (χ0n) is 14.5. The molecule has 6 nitrogen and oxygen atoms in total. The van der Waals surface area contributed by atoms with Crippen LogP contribution in [0.4, 0.5) is 8.78 Å². The van der Waals surface area contributed by atoms with Gasteiger partial charge in [-0.3, -0.25) is 4.79 Å². The first-order chi connectivity index (χ1) is 12.2. The first kappa shape index (κ1) is 17.8. The van der Waals surface area contributed by atoms with Crippen molar-refractivity contribution in [2.45, 2.75) is 49.4 Å². The monoisotopic (exact) mass is 386 g/mol. The van der Waals surface area contributed by atoms with Crippen LogP contribution < -0.4 is 0 Å². The fourth-order valence-corrected chi connectivity index (χ4v) is 6.14. The van der Waals surface area contributed by atoms with Crippen molar-refractivity contribution in [1.82, 2.24) is 9.21 Å². The van der Waals surface area contributed by atoms with E-state index in [1.165, 1.54) is 0 Å². The molecule has 3 saturated heterocycles. The maximum absolute atomic E-state index is 14.1. The molecule has 3 heterocycles. The molecular formula is C17H20F2N2O4S. The van der Waals surface area contributed by atoms with E-state index in [0.29, 0.717) is 19.1 Å². The predicted molar refractivity (Wildman–Crippen MR) is 87.4 cm³/mol. The lowest BCUT2D eigenvalue weighted by Crippen LogP contribution is -2.51. The smallest absolute Gasteiger partial charge is 0.246 e. The average Bonchev–Trinajstić information content (AvgIpc) is 3.16. The van der Waals surface area contributed by atoms with Gasteiger partial charge in [-0.1, -0.05) is 13.8 Å². The normalized spacial score (nSPS) is 31.7. The summed E-state index contributed by atoms with van der Waals surface area (Å²) in [4.78, 5) is 13.7. The number of halogens is 2. The summed E-state index contributed by atoms with van der Waals surface area (Å²) in [6.07, 6.45) is 0.347. The van der Waals surface area contributed by atoms with E-state index in [4.69, 9.17) is 4.74 Å². The molecule has 0 radical (unpaired) electrons. The zero-order valence-corrected chi connectivity index (χ0v) is 15.3. The van der Waals surface area contributed by atoms with Crippen LogP contribution in [0.1, 0.15) is 26.7 Å². The Morgan fingerprint density at radius 3 is 2.69 bits per heavy atom. The van der Waals surface area contributed by atoms with E-state index in [2.05, 4.69) is 0 Å². The Labute approximate surface area is 150 Å². The number of carbonyl (C=O) groups excluding carboxylic acids is 1. The highest BCUT2D eigenvalue weighted by molar-refractivity contribution is 7.89. The third-order valence-corrected chi connectivity index (χ3v) is 7.63. The van der Waals surface area contributed by atoms with Crippen molar-refractivity contribution < 1.29 is 26.7 Å². The molecule has 142 valence electrons. The molecule has 9 heteroatoms. The second kappa shape index (κ2) is 5.71. The molecule has 3 atom stereocenters. The van der Waals surface area contributed by atoms with Gasteiger partial charge in [-0.15, -0.1) is 0 Å². The number of hydrogen-bond acceptors (Lipinski definition) is 4. The summed E-state index contributed by atoms with van der Waals surface area (Å²) in [5.41, 5.74) is -0.977. The van der Waals surface area contributed by atoms with Crippen LogP contribution in [0.15, 0.2) is 23.1 Å². The maximum atomic E-state index is 14.1. The number of benzene rings is 1. The number of hydrogen-bond donors (Lipinski definition) is 0. The van der Waals surface area contributed by atoms with Crippen molar-refractivity contribution >= 4 is 15.9 Å². The molecule has 3 aliphatic rings. The number of amides is 1. The van der Waals surface area contributed by atoms with Gasteiger partial charge in [-0.05, 0) is 18.1 Å². The number of sulfonamides is 1. The van der Waals surface area contributed by atoms with Gasteiger partial charge in [0.1, 0.15) is 16.5 Å². The summed E-state index contributed by atoms with van der Waals surface area (Å²) in [7, 11) is -4.21. The fraction of sp³-hybridized carbons (Fsp3) is 0.588. The number of rotatable bonds is 3. The molecule has 1 amide bonds. The van der Waals surface area contributed by atoms with Gasteiger partial charge in [-0.2, -0.15) is 4.31 Å². The minimum absolute atomic E-state index is 0.00522. The maximum Gasteiger partial charge on any atom is 0.246 e. The van der Waals surface area contributed by atoms with Gasteiger partial charge in [0.05, 0.1) is 18.7 Å². The molecule has 4 rings (SSSR count). The van der Waals surface area contributed by atoms with E-state index >= 15 is 0 Å². The molecule has 26 heavy (non-hydrogen) atoms. The average molecular weight is 386 g/mol. The highest BCUT2D eigenvalue weighted by Gasteiger charge is 2.66. The molecular weight excluding hydrogens is 366 g/mol. The second-order valence-electron chi connectivity index (χ2n) is 7.39. The Hall–Kier alpha value is -1.58. The standard InChI is InChI=1S/C17H20F2N2O4S/c1-10(2)13-9-25-17-5-6-20(15(17)8-16(22)21(13)17)26(23,24)14-4-3-11(18)7-12(14)19/h3-4,7,10,13,15H,5-6,8-9H2,1-2H3/t13-,15+,17-/m0/s1. The summed E-state index contributed by atoms with van der Waals surface area (Å²) in [5, 5.41) is 0. The molecule has 0 aromatic heterocycles. The summed E-state index contributed by atoms with van der Waals surface area (Å²) in [6.45, 7) is 4.47. The number of nitrogens with zero attached hydrogens (tertiary/aromatic N) is 2. The van der Waals surface area contributed by atoms with E-state index in [1.807, 2.05) is 13.8 Å². The Morgan fingerprint density at radius 1 is 1.31 bits per heavy atom. The summed E-state index contributed by atoms with van der Waals surface area (Å²) in [6, 6.07) is 1.58. The first-order valence-corrected chi connectivity index (χ1v) is 10.1. The summed E-state index contributed by atoms with van der Waals surface area (Å²) >= 11 is 0. The van der Waals surface area contributed by atoms with Crippen molar-refractivity contribution in [1.29, 1.82) is 0 Å². The van der Waals surface area contributed by atoms with Gasteiger partial charge in [0.15, 0.2) is 5.72 Å². The molecule has 3 aliphatic heterocycles. The zero-order chi connectivity index (χ0) is 18.9. The summed E-state index contributed by atoms with van der Waals surface area (Å²) in [5.74, 6) is -1.96. The van der Waals surface area contributed by atoms with Crippen LogP contribution in [-0.2, 0) is 19.6 Å². The van der Waals surface area contributed by atoms with Crippen molar-refractivity contribution in [2.75, 3.05) is 13.2 Å². The first-order valence-electron chi connectivity index (χ1n) is 8.61. The molecule has 0 bridgehead atoms. The van der Waals surface area contributed by atoms with E-state index in [0.717, 1.165) is 16.4 Å². The van der Waals surface area contributed by atoms with Crippen molar-refractivity contribution in [3.63, 3.8) is 0 Å². The predicted octanol–water partition coefficient (Wildman–Crippen LogP) is 1.71. The Bertz CT molecular complexity index is 876. The van der Waals surface area contributed by atoms with Gasteiger partial charge >= 0.3 is 0 Å². The topological polar surface area (TPSA) is 66.9 Å². The summed E-state index contributed by atoms with van der Waals surface area (Å²) < 4.78 is 60.4. The lowest BCUT2D eigenvalue weighted by molar-refractivity contribution is -0.139. The van der Waals surface area contributed by atoms with Crippen LogP contribution >= 0.6 is 0 Å². The third kappa shape index (κ3) is 2.26. The van der Waals surface area contributed by atoms with Gasteiger partial charge in [-0.25, -0.2) is 17.2 Å². The van der Waals surface area contributed by atoms with Crippen LogP contribution in [0, 0.1) is 17.6 Å². The SMILES string of the molecule is CC(C)[C@@H]1CO[C@@]23CCN(S(=O)(=O)c4ccc(F)cc4F)[C@@H]2CC(=O)N13. The number of carbonyl (C=O) groups is 1. The molecule has 0 aliphatic carbocycles. The Balaban J connectivity index is 1.72. The van der Waals surface area contributed by atoms with Crippen molar-refractivity contribution in [2.24, 2.45) is 5.92 Å². The van der Waals surface area contributed by atoms with Crippen LogP contribution in [0.5, 0.6) is 0 Å². The quantitative estimate of drug-likeness (QED) is 0.793. The lowest BCUT2D eigenvalue weighted by Gasteiger charge is -2.34. The molecule has 0 unspecified atom stereocenters. The van der Waals surface area contributed by atoms with E-state index in [1.54, 1.807) is 4.90 Å². The van der Waals surface area contributed by atoms with Gasteiger partial charge < -0.3 is 9.64 Å². The van der Waals surface area contributed by atoms with Gasteiger partial charge in [0.25, 0.3) is 0 Å².